The molecule has 0 aliphatic carbocycles. The maximum Gasteiger partial charge on any atom is 0.283 e. The second kappa shape index (κ2) is 5.39. The van der Waals surface area contributed by atoms with E-state index >= 15 is 0 Å². The van der Waals surface area contributed by atoms with Gasteiger partial charge >= 0.3 is 0 Å². The molecular weight excluding hydrogens is 306 g/mol. The minimum Gasteiger partial charge on any atom is -0.273 e. The topological polar surface area (TPSA) is 81.8 Å². The lowest BCUT2D eigenvalue weighted by Crippen LogP contribution is -2.41. The van der Waals surface area contributed by atoms with Gasteiger partial charge in [0.2, 0.25) is 5.91 Å². The van der Waals surface area contributed by atoms with Crippen LogP contribution in [0.25, 0.3) is 11.0 Å². The fourth-order valence-corrected chi connectivity index (χ4v) is 1.93. The number of hydrogen-bond donors (Lipinski definition) is 1. The molecule has 0 bridgehead atoms. The number of nitrogens with zero attached hydrogens (tertiary/aromatic N) is 4. The van der Waals surface area contributed by atoms with E-state index in [2.05, 4.69) is 15.5 Å². The number of aromatic nitrogens is 4. The highest BCUT2D eigenvalue weighted by atomic mass is 35.5. The summed E-state index contributed by atoms with van der Waals surface area (Å²) < 4.78 is 2.74. The average molecular weight is 326 g/mol. The minimum atomic E-state index is -0.786. The van der Waals surface area contributed by atoms with E-state index in [9.17, 15) is 9.59 Å². The molecule has 0 fully saturated rings. The van der Waals surface area contributed by atoms with E-state index in [1.165, 1.54) is 12.5 Å². The number of amides is 1. The zero-order chi connectivity index (χ0) is 16.7. The van der Waals surface area contributed by atoms with Crippen LogP contribution in [0, 0.1) is 5.41 Å². The Morgan fingerprint density at radius 2 is 1.95 bits per heavy atom. The summed E-state index contributed by atoms with van der Waals surface area (Å²) in [4.78, 5) is 28.8. The number of alkyl halides is 1. The zero-order valence-corrected chi connectivity index (χ0v) is 14.1. The van der Waals surface area contributed by atoms with Crippen molar-refractivity contribution in [1.29, 1.82) is 0 Å². The van der Waals surface area contributed by atoms with Crippen LogP contribution in [0.15, 0.2) is 17.3 Å². The Kier molecular flexibility index (Phi) is 4.04. The summed E-state index contributed by atoms with van der Waals surface area (Å²) in [6.07, 6.45) is 2.75. The molecule has 7 nitrogen and oxygen atoms in total. The van der Waals surface area contributed by atoms with Crippen molar-refractivity contribution in [2.24, 2.45) is 5.41 Å². The van der Waals surface area contributed by atoms with Gasteiger partial charge in [0.15, 0.2) is 5.65 Å². The van der Waals surface area contributed by atoms with Gasteiger partial charge in [0, 0.05) is 5.88 Å². The molecule has 0 saturated carbocycles. The summed E-state index contributed by atoms with van der Waals surface area (Å²) in [7, 11) is 0. The van der Waals surface area contributed by atoms with E-state index in [1.807, 2.05) is 20.8 Å². The first-order chi connectivity index (χ1) is 10.1. The molecule has 2 aromatic heterocycles. The Balaban J connectivity index is 2.46. The van der Waals surface area contributed by atoms with Gasteiger partial charge in [-0.3, -0.25) is 15.0 Å². The average Bonchev–Trinajstić information content (AvgIpc) is 2.86. The second-order valence-corrected chi connectivity index (χ2v) is 7.11. The molecule has 0 aliphatic rings. The number of rotatable bonds is 3. The molecule has 0 radical (unpaired) electrons. The molecular formula is C14H20ClN5O2. The zero-order valence-electron chi connectivity index (χ0n) is 13.3. The molecule has 0 unspecified atom stereocenters. The summed E-state index contributed by atoms with van der Waals surface area (Å²) in [6, 6.07) is 0. The lowest BCUT2D eigenvalue weighted by Gasteiger charge is -2.21. The molecule has 120 valence electrons. The molecule has 0 atom stereocenters. The van der Waals surface area contributed by atoms with Gasteiger partial charge in [-0.1, -0.05) is 0 Å². The van der Waals surface area contributed by atoms with Crippen LogP contribution in [0.1, 0.15) is 34.6 Å². The van der Waals surface area contributed by atoms with Crippen LogP contribution in [0.2, 0.25) is 0 Å². The number of nitrogens with one attached hydrogen (secondary N) is 1. The second-order valence-electron chi connectivity index (χ2n) is 6.84. The maximum atomic E-state index is 12.4. The molecule has 1 N–H and O–H groups in total. The summed E-state index contributed by atoms with van der Waals surface area (Å²) in [5, 5.41) is 4.57. The Hall–Kier alpha value is -1.89. The van der Waals surface area contributed by atoms with Crippen LogP contribution >= 0.6 is 11.6 Å². The molecule has 22 heavy (non-hydrogen) atoms. The quantitative estimate of drug-likeness (QED) is 0.870. The fourth-order valence-electron chi connectivity index (χ4n) is 1.80. The Morgan fingerprint density at radius 3 is 2.50 bits per heavy atom. The standard InChI is InChI=1S/C14H20ClN5O2/c1-13(2,3)20-10-9(6-17-20)11(21)19(8-16-10)18-12(22)14(4,5)7-15/h6,8H,7H2,1-5H3,(H,18,22). The van der Waals surface area contributed by atoms with Gasteiger partial charge in [-0.15, -0.1) is 11.6 Å². The normalized spacial score (nSPS) is 12.6. The molecule has 2 rings (SSSR count). The highest BCUT2D eigenvalue weighted by Gasteiger charge is 2.27. The van der Waals surface area contributed by atoms with Crippen molar-refractivity contribution in [1.82, 2.24) is 19.4 Å². The monoisotopic (exact) mass is 325 g/mol. The summed E-state index contributed by atoms with van der Waals surface area (Å²) in [5.74, 6) is -0.209. The third-order valence-corrected chi connectivity index (χ3v) is 3.96. The first-order valence-corrected chi connectivity index (χ1v) is 7.44. The predicted octanol–water partition coefficient (Wildman–Crippen LogP) is 1.68. The van der Waals surface area contributed by atoms with Gasteiger partial charge in [-0.2, -0.15) is 5.10 Å². The first kappa shape index (κ1) is 16.5. The smallest absolute Gasteiger partial charge is 0.273 e. The van der Waals surface area contributed by atoms with E-state index in [0.29, 0.717) is 11.0 Å². The van der Waals surface area contributed by atoms with Crippen molar-refractivity contribution in [3.8, 4) is 0 Å². The van der Waals surface area contributed by atoms with E-state index in [1.54, 1.807) is 18.5 Å². The largest absolute Gasteiger partial charge is 0.283 e. The molecule has 0 spiro atoms. The van der Waals surface area contributed by atoms with Crippen LogP contribution < -0.4 is 11.0 Å². The van der Waals surface area contributed by atoms with E-state index in [0.717, 1.165) is 4.68 Å². The van der Waals surface area contributed by atoms with Crippen molar-refractivity contribution in [2.75, 3.05) is 11.3 Å². The molecule has 0 saturated heterocycles. The van der Waals surface area contributed by atoms with Gasteiger partial charge in [0.1, 0.15) is 11.7 Å². The molecule has 1 amide bonds. The number of carbonyl (C=O) groups is 1. The maximum absolute atomic E-state index is 12.4. The highest BCUT2D eigenvalue weighted by molar-refractivity contribution is 6.20. The summed E-state index contributed by atoms with van der Waals surface area (Å²) in [5.41, 5.74) is 1.55. The highest BCUT2D eigenvalue weighted by Crippen LogP contribution is 2.19. The van der Waals surface area contributed by atoms with Crippen LogP contribution in [-0.2, 0) is 10.3 Å². The van der Waals surface area contributed by atoms with Crippen molar-refractivity contribution >= 4 is 28.5 Å². The Morgan fingerprint density at radius 1 is 1.32 bits per heavy atom. The first-order valence-electron chi connectivity index (χ1n) is 6.91. The van der Waals surface area contributed by atoms with Crippen molar-refractivity contribution in [2.45, 2.75) is 40.2 Å². The third kappa shape index (κ3) is 2.85. The van der Waals surface area contributed by atoms with Gasteiger partial charge in [0.25, 0.3) is 5.56 Å². The van der Waals surface area contributed by atoms with Crippen LogP contribution in [0.4, 0.5) is 0 Å². The van der Waals surface area contributed by atoms with Gasteiger partial charge in [-0.25, -0.2) is 14.3 Å². The predicted molar refractivity (Wildman–Crippen MR) is 85.7 cm³/mol. The Bertz CT molecular complexity index is 770. The molecule has 8 heteroatoms. The van der Waals surface area contributed by atoms with Crippen LogP contribution in [0.5, 0.6) is 0 Å². The number of hydrogen-bond acceptors (Lipinski definition) is 4. The van der Waals surface area contributed by atoms with Crippen molar-refractivity contribution in [3.05, 3.63) is 22.9 Å². The molecule has 0 aromatic carbocycles. The van der Waals surface area contributed by atoms with Crippen molar-refractivity contribution < 1.29 is 4.79 Å². The fraction of sp³-hybridized carbons (Fsp3) is 0.571. The van der Waals surface area contributed by atoms with Crippen molar-refractivity contribution in [3.63, 3.8) is 0 Å². The minimum absolute atomic E-state index is 0.144. The Labute approximate surface area is 133 Å². The number of fused-ring (bicyclic) bond motifs is 1. The lowest BCUT2D eigenvalue weighted by atomic mass is 9.96. The molecule has 2 heterocycles. The summed E-state index contributed by atoms with van der Waals surface area (Å²) >= 11 is 5.77. The molecule has 0 aliphatic heterocycles. The lowest BCUT2D eigenvalue weighted by molar-refractivity contribution is -0.124. The third-order valence-electron chi connectivity index (χ3n) is 3.29. The SMILES string of the molecule is CC(C)(CCl)C(=O)Nn1cnc2c(cnn2C(C)(C)C)c1=O. The van der Waals surface area contributed by atoms with Gasteiger partial charge < -0.3 is 0 Å². The van der Waals surface area contributed by atoms with E-state index < -0.39 is 5.41 Å². The van der Waals surface area contributed by atoms with Crippen LogP contribution in [-0.4, -0.2) is 31.2 Å². The van der Waals surface area contributed by atoms with Crippen LogP contribution in [0.3, 0.4) is 0 Å². The van der Waals surface area contributed by atoms with Gasteiger partial charge in [-0.05, 0) is 34.6 Å². The van der Waals surface area contributed by atoms with Gasteiger partial charge in [0.05, 0.1) is 17.2 Å². The molecule has 2 aromatic rings. The van der Waals surface area contributed by atoms with E-state index in [4.69, 9.17) is 11.6 Å². The number of carbonyl (C=O) groups excluding carboxylic acids is 1. The number of halogens is 1. The summed E-state index contributed by atoms with van der Waals surface area (Å²) in [6.45, 7) is 9.31. The van der Waals surface area contributed by atoms with E-state index in [-0.39, 0.29) is 22.9 Å².